The number of nitrogens with one attached hydrogen (secondary N) is 2. The van der Waals surface area contributed by atoms with Gasteiger partial charge in [-0.15, -0.1) is 0 Å². The maximum atomic E-state index is 12.3. The first kappa shape index (κ1) is 21.1. The highest BCUT2D eigenvalue weighted by atomic mass is 16.5. The normalized spacial score (nSPS) is 15.7. The summed E-state index contributed by atoms with van der Waals surface area (Å²) in [6, 6.07) is 8.87. The van der Waals surface area contributed by atoms with Gasteiger partial charge in [0, 0.05) is 26.2 Å². The number of ether oxygens (including phenoxy) is 1. The summed E-state index contributed by atoms with van der Waals surface area (Å²) in [4.78, 5) is 49.1. The molecule has 4 amide bonds. The highest BCUT2D eigenvalue weighted by Gasteiger charge is 2.30. The number of urea groups is 1. The Morgan fingerprint density at radius 1 is 1.14 bits per heavy atom. The van der Waals surface area contributed by atoms with Crippen LogP contribution in [0.3, 0.4) is 0 Å². The van der Waals surface area contributed by atoms with Crippen LogP contribution < -0.4 is 10.6 Å². The van der Waals surface area contributed by atoms with E-state index >= 15 is 0 Å². The van der Waals surface area contributed by atoms with Gasteiger partial charge in [0.25, 0.3) is 5.91 Å². The van der Waals surface area contributed by atoms with Crippen LogP contribution in [-0.2, 0) is 19.1 Å². The van der Waals surface area contributed by atoms with Gasteiger partial charge in [-0.3, -0.25) is 19.7 Å². The third-order valence-corrected chi connectivity index (χ3v) is 4.48. The Balaban J connectivity index is 1.78. The lowest BCUT2D eigenvalue weighted by Gasteiger charge is -2.30. The van der Waals surface area contributed by atoms with Gasteiger partial charge in [0.1, 0.15) is 0 Å². The van der Waals surface area contributed by atoms with E-state index in [1.807, 2.05) is 30.3 Å². The van der Waals surface area contributed by atoms with Crippen molar-refractivity contribution in [2.45, 2.75) is 25.9 Å². The molecule has 8 heteroatoms. The molecule has 2 rings (SSSR count). The summed E-state index contributed by atoms with van der Waals surface area (Å²) in [6.07, 6.45) is 3.15. The fourth-order valence-electron chi connectivity index (χ4n) is 2.77. The molecule has 150 valence electrons. The number of esters is 1. The molecule has 1 aromatic rings. The Bertz CT molecular complexity index is 739. The lowest BCUT2D eigenvalue weighted by atomic mass is 9.97. The molecular weight excluding hydrogens is 362 g/mol. The molecule has 0 aliphatic carbocycles. The predicted octanol–water partition coefficient (Wildman–Crippen LogP) is 1.33. The molecule has 1 fully saturated rings. The van der Waals surface area contributed by atoms with Crippen LogP contribution in [-0.4, -0.2) is 55.0 Å². The molecule has 0 spiro atoms. The van der Waals surface area contributed by atoms with Gasteiger partial charge in [-0.2, -0.15) is 0 Å². The summed E-state index contributed by atoms with van der Waals surface area (Å²) in [5, 5.41) is 4.31. The molecule has 8 nitrogen and oxygen atoms in total. The summed E-state index contributed by atoms with van der Waals surface area (Å²) >= 11 is 0. The van der Waals surface area contributed by atoms with Gasteiger partial charge in [0.2, 0.25) is 5.91 Å². The maximum Gasteiger partial charge on any atom is 0.321 e. The molecule has 1 heterocycles. The summed E-state index contributed by atoms with van der Waals surface area (Å²) in [7, 11) is 1.38. The monoisotopic (exact) mass is 387 g/mol. The van der Waals surface area contributed by atoms with E-state index < -0.39 is 24.0 Å². The predicted molar refractivity (Wildman–Crippen MR) is 103 cm³/mol. The molecule has 1 unspecified atom stereocenters. The lowest BCUT2D eigenvalue weighted by Crippen LogP contribution is -2.45. The Labute approximate surface area is 163 Å². The van der Waals surface area contributed by atoms with E-state index in [1.54, 1.807) is 11.0 Å². The molecule has 0 saturated carbocycles. The fourth-order valence-corrected chi connectivity index (χ4v) is 2.77. The van der Waals surface area contributed by atoms with Crippen molar-refractivity contribution in [1.82, 2.24) is 15.5 Å². The number of amides is 4. The van der Waals surface area contributed by atoms with Crippen molar-refractivity contribution in [2.24, 2.45) is 5.92 Å². The first-order valence-corrected chi connectivity index (χ1v) is 9.15. The number of carbonyl (C=O) groups excluding carboxylic acids is 4. The second kappa shape index (κ2) is 10.2. The van der Waals surface area contributed by atoms with E-state index in [1.165, 1.54) is 20.0 Å². The van der Waals surface area contributed by atoms with Crippen LogP contribution in [0, 0.1) is 5.92 Å². The average Bonchev–Trinajstić information content (AvgIpc) is 2.72. The van der Waals surface area contributed by atoms with Crippen LogP contribution in [0.25, 0.3) is 6.08 Å². The number of piperidine rings is 1. The van der Waals surface area contributed by atoms with Gasteiger partial charge in [-0.1, -0.05) is 30.3 Å². The number of likely N-dealkylation sites (tertiary alicyclic amines) is 1. The van der Waals surface area contributed by atoms with Gasteiger partial charge in [-0.05, 0) is 31.4 Å². The number of imide groups is 1. The van der Waals surface area contributed by atoms with Crippen molar-refractivity contribution in [3.8, 4) is 0 Å². The molecule has 2 N–H and O–H groups in total. The Morgan fingerprint density at radius 3 is 2.39 bits per heavy atom. The van der Waals surface area contributed by atoms with Crippen LogP contribution >= 0.6 is 0 Å². The van der Waals surface area contributed by atoms with Crippen LogP contribution in [0.5, 0.6) is 0 Å². The number of hydrogen-bond acceptors (Lipinski definition) is 5. The van der Waals surface area contributed by atoms with Crippen molar-refractivity contribution >= 4 is 29.9 Å². The molecule has 1 aliphatic heterocycles. The zero-order valence-corrected chi connectivity index (χ0v) is 16.0. The third-order valence-electron chi connectivity index (χ3n) is 4.48. The quantitative estimate of drug-likeness (QED) is 0.586. The van der Waals surface area contributed by atoms with E-state index in [4.69, 9.17) is 4.74 Å². The topological polar surface area (TPSA) is 105 Å². The maximum absolute atomic E-state index is 12.3. The lowest BCUT2D eigenvalue weighted by molar-refractivity contribution is -0.160. The highest BCUT2D eigenvalue weighted by Crippen LogP contribution is 2.20. The molecule has 0 aromatic heterocycles. The zero-order chi connectivity index (χ0) is 20.5. The average molecular weight is 387 g/mol. The highest BCUT2D eigenvalue weighted by molar-refractivity contribution is 5.97. The molecule has 28 heavy (non-hydrogen) atoms. The van der Waals surface area contributed by atoms with Crippen molar-refractivity contribution in [2.75, 3.05) is 20.1 Å². The second-order valence-corrected chi connectivity index (χ2v) is 6.49. The molecule has 0 radical (unpaired) electrons. The summed E-state index contributed by atoms with van der Waals surface area (Å²) < 4.78 is 5.15. The largest absolute Gasteiger partial charge is 0.452 e. The van der Waals surface area contributed by atoms with Crippen LogP contribution in [0.4, 0.5) is 4.79 Å². The number of nitrogens with zero attached hydrogens (tertiary/aromatic N) is 1. The Kier molecular flexibility index (Phi) is 7.74. The minimum absolute atomic E-state index is 0.103. The van der Waals surface area contributed by atoms with E-state index in [2.05, 4.69) is 10.6 Å². The minimum Gasteiger partial charge on any atom is -0.452 e. The zero-order valence-electron chi connectivity index (χ0n) is 16.0. The van der Waals surface area contributed by atoms with Crippen LogP contribution in [0.2, 0.25) is 0 Å². The van der Waals surface area contributed by atoms with Gasteiger partial charge in [0.05, 0.1) is 5.92 Å². The van der Waals surface area contributed by atoms with Gasteiger partial charge >= 0.3 is 12.0 Å². The summed E-state index contributed by atoms with van der Waals surface area (Å²) in [6.45, 7) is 2.29. The standard InChI is InChI=1S/C20H25N3O5/c1-14(18(25)22-20(27)21-2)28-19(26)16-10-12-23(13-11-16)17(24)9-8-15-6-4-3-5-7-15/h3-9,14,16H,10-13H2,1-2H3,(H2,21,22,25,27)/b9-8+. The van der Waals surface area contributed by atoms with Crippen molar-refractivity contribution in [3.63, 3.8) is 0 Å². The second-order valence-electron chi connectivity index (χ2n) is 6.49. The van der Waals surface area contributed by atoms with Crippen molar-refractivity contribution in [3.05, 3.63) is 42.0 Å². The minimum atomic E-state index is -1.07. The fraction of sp³-hybridized carbons (Fsp3) is 0.400. The molecule has 1 saturated heterocycles. The molecule has 1 aliphatic rings. The Morgan fingerprint density at radius 2 is 1.79 bits per heavy atom. The van der Waals surface area contributed by atoms with Gasteiger partial charge < -0.3 is 15.0 Å². The van der Waals surface area contributed by atoms with Crippen molar-refractivity contribution in [1.29, 1.82) is 0 Å². The number of benzene rings is 1. The van der Waals surface area contributed by atoms with E-state index in [0.29, 0.717) is 25.9 Å². The van der Waals surface area contributed by atoms with Crippen molar-refractivity contribution < 1.29 is 23.9 Å². The molecular formula is C20H25N3O5. The molecule has 1 atom stereocenters. The first-order valence-electron chi connectivity index (χ1n) is 9.15. The Hall–Kier alpha value is -3.16. The first-order chi connectivity index (χ1) is 13.4. The number of rotatable bonds is 5. The molecule has 0 bridgehead atoms. The van der Waals surface area contributed by atoms with Gasteiger partial charge in [-0.25, -0.2) is 4.79 Å². The van der Waals surface area contributed by atoms with E-state index in [0.717, 1.165) is 5.56 Å². The van der Waals surface area contributed by atoms with Crippen LogP contribution in [0.1, 0.15) is 25.3 Å². The van der Waals surface area contributed by atoms with Crippen LogP contribution in [0.15, 0.2) is 36.4 Å². The SMILES string of the molecule is CNC(=O)NC(=O)C(C)OC(=O)C1CCN(C(=O)/C=C/c2ccccc2)CC1. The number of carbonyl (C=O) groups is 4. The smallest absolute Gasteiger partial charge is 0.321 e. The van der Waals surface area contributed by atoms with E-state index in [-0.39, 0.29) is 11.8 Å². The third kappa shape index (κ3) is 6.22. The summed E-state index contributed by atoms with van der Waals surface area (Å²) in [5.74, 6) is -1.66. The number of hydrogen-bond donors (Lipinski definition) is 2. The van der Waals surface area contributed by atoms with Gasteiger partial charge in [0.15, 0.2) is 6.10 Å². The van der Waals surface area contributed by atoms with E-state index in [9.17, 15) is 19.2 Å². The summed E-state index contributed by atoms with van der Waals surface area (Å²) in [5.41, 5.74) is 0.943. The molecule has 1 aromatic carbocycles.